The molecule has 0 saturated heterocycles. The zero-order chi connectivity index (χ0) is 9.14. The first kappa shape index (κ1) is 8.73. The Hall–Kier alpha value is -1.36. The van der Waals surface area contributed by atoms with E-state index in [2.05, 4.69) is 4.98 Å². The third-order valence-corrected chi connectivity index (χ3v) is 1.33. The lowest BCUT2D eigenvalue weighted by Gasteiger charge is -2.02. The second-order valence-electron chi connectivity index (χ2n) is 2.61. The Morgan fingerprint density at radius 1 is 1.83 bits per heavy atom. The third kappa shape index (κ3) is 2.06. The van der Waals surface area contributed by atoms with Crippen molar-refractivity contribution >= 4 is 5.97 Å². The van der Waals surface area contributed by atoms with Crippen molar-refractivity contribution in [2.75, 3.05) is 0 Å². The van der Waals surface area contributed by atoms with Crippen LogP contribution in [-0.4, -0.2) is 31.8 Å². The molecular formula is C7H10N2O3. The molecule has 1 atom stereocenters. The Kier molecular flexibility index (Phi) is 2.44. The van der Waals surface area contributed by atoms with Gasteiger partial charge in [-0.15, -0.1) is 0 Å². The highest BCUT2D eigenvalue weighted by atomic mass is 16.4. The highest BCUT2D eigenvalue weighted by Crippen LogP contribution is 1.97. The number of rotatable bonds is 3. The molecule has 1 heterocycles. The highest BCUT2D eigenvalue weighted by Gasteiger charge is 2.06. The lowest BCUT2D eigenvalue weighted by Crippen LogP contribution is -2.09. The van der Waals surface area contributed by atoms with Gasteiger partial charge in [-0.3, -0.25) is 0 Å². The van der Waals surface area contributed by atoms with Gasteiger partial charge in [0.15, 0.2) is 5.69 Å². The summed E-state index contributed by atoms with van der Waals surface area (Å²) in [5.41, 5.74) is -0.00403. The molecule has 1 rings (SSSR count). The van der Waals surface area contributed by atoms with Crippen LogP contribution in [0.15, 0.2) is 12.5 Å². The Morgan fingerprint density at radius 2 is 2.50 bits per heavy atom. The van der Waals surface area contributed by atoms with E-state index in [4.69, 9.17) is 10.2 Å². The predicted molar refractivity (Wildman–Crippen MR) is 40.9 cm³/mol. The summed E-state index contributed by atoms with van der Waals surface area (Å²) < 4.78 is 1.54. The van der Waals surface area contributed by atoms with Gasteiger partial charge in [-0.25, -0.2) is 9.78 Å². The Labute approximate surface area is 69.3 Å². The molecular weight excluding hydrogens is 160 g/mol. The molecule has 0 spiro atoms. The van der Waals surface area contributed by atoms with E-state index in [1.807, 2.05) is 0 Å². The topological polar surface area (TPSA) is 75.3 Å². The minimum atomic E-state index is -1.06. The maximum Gasteiger partial charge on any atom is 0.356 e. The van der Waals surface area contributed by atoms with Gasteiger partial charge in [-0.2, -0.15) is 0 Å². The van der Waals surface area contributed by atoms with Crippen LogP contribution in [0.3, 0.4) is 0 Å². The smallest absolute Gasteiger partial charge is 0.356 e. The summed E-state index contributed by atoms with van der Waals surface area (Å²) in [5, 5.41) is 17.5. The molecule has 0 bridgehead atoms. The summed E-state index contributed by atoms with van der Waals surface area (Å²) in [4.78, 5) is 14.0. The molecule has 5 heteroatoms. The van der Waals surface area contributed by atoms with Crippen LogP contribution in [-0.2, 0) is 6.54 Å². The van der Waals surface area contributed by atoms with E-state index < -0.39 is 12.1 Å². The van der Waals surface area contributed by atoms with Crippen molar-refractivity contribution in [3.63, 3.8) is 0 Å². The van der Waals surface area contributed by atoms with Gasteiger partial charge in [-0.1, -0.05) is 0 Å². The number of hydrogen-bond acceptors (Lipinski definition) is 3. The van der Waals surface area contributed by atoms with Gasteiger partial charge in [0.25, 0.3) is 0 Å². The standard InChI is InChI=1S/C7H10N2O3/c1-5(10)2-9-3-6(7(11)12)8-4-9/h3-5,10H,2H2,1H3,(H,11,12)/t5-/m1/s1. The second kappa shape index (κ2) is 3.36. The molecule has 1 aromatic heterocycles. The number of hydrogen-bond donors (Lipinski definition) is 2. The molecule has 66 valence electrons. The van der Waals surface area contributed by atoms with Crippen LogP contribution < -0.4 is 0 Å². The fraction of sp³-hybridized carbons (Fsp3) is 0.429. The first-order chi connectivity index (χ1) is 5.59. The second-order valence-corrected chi connectivity index (χ2v) is 2.61. The number of carboxylic acids is 1. The van der Waals surface area contributed by atoms with Crippen molar-refractivity contribution in [3.8, 4) is 0 Å². The van der Waals surface area contributed by atoms with Crippen molar-refractivity contribution in [3.05, 3.63) is 18.2 Å². The van der Waals surface area contributed by atoms with E-state index >= 15 is 0 Å². The Balaban J connectivity index is 2.71. The quantitative estimate of drug-likeness (QED) is 0.667. The highest BCUT2D eigenvalue weighted by molar-refractivity contribution is 5.84. The van der Waals surface area contributed by atoms with Crippen LogP contribution in [0.4, 0.5) is 0 Å². The summed E-state index contributed by atoms with van der Waals surface area (Å²) in [6.45, 7) is 1.99. The summed E-state index contributed by atoms with van der Waals surface area (Å²) in [7, 11) is 0. The Morgan fingerprint density at radius 3 is 2.92 bits per heavy atom. The predicted octanol–water partition coefficient (Wildman–Crippen LogP) is -0.0379. The summed E-state index contributed by atoms with van der Waals surface area (Å²) >= 11 is 0. The van der Waals surface area contributed by atoms with Crippen molar-refractivity contribution in [2.24, 2.45) is 0 Å². The van der Waals surface area contributed by atoms with E-state index in [-0.39, 0.29) is 5.69 Å². The van der Waals surface area contributed by atoms with E-state index in [1.165, 1.54) is 17.1 Å². The average molecular weight is 170 g/mol. The molecule has 0 aliphatic carbocycles. The normalized spacial score (nSPS) is 12.8. The van der Waals surface area contributed by atoms with Gasteiger partial charge in [0.2, 0.25) is 0 Å². The fourth-order valence-electron chi connectivity index (χ4n) is 0.875. The molecule has 0 unspecified atom stereocenters. The number of carboxylic acid groups (broad SMARTS) is 1. The van der Waals surface area contributed by atoms with Crippen LogP contribution >= 0.6 is 0 Å². The van der Waals surface area contributed by atoms with Gasteiger partial charge >= 0.3 is 5.97 Å². The van der Waals surface area contributed by atoms with Crippen molar-refractivity contribution < 1.29 is 15.0 Å². The first-order valence-electron chi connectivity index (χ1n) is 3.52. The van der Waals surface area contributed by atoms with Gasteiger partial charge in [-0.05, 0) is 6.92 Å². The SMILES string of the molecule is C[C@@H](O)Cn1cnc(C(=O)O)c1. The van der Waals surface area contributed by atoms with Crippen molar-refractivity contribution in [1.82, 2.24) is 9.55 Å². The molecule has 5 nitrogen and oxygen atoms in total. The molecule has 0 saturated carbocycles. The molecule has 0 aliphatic rings. The molecule has 2 N–H and O–H groups in total. The zero-order valence-corrected chi connectivity index (χ0v) is 6.64. The van der Waals surface area contributed by atoms with E-state index in [9.17, 15) is 4.79 Å². The number of aliphatic hydroxyl groups excluding tert-OH is 1. The van der Waals surface area contributed by atoms with Crippen LogP contribution in [0.25, 0.3) is 0 Å². The molecule has 0 aliphatic heterocycles. The molecule has 0 aromatic carbocycles. The number of carbonyl (C=O) groups is 1. The number of aromatic nitrogens is 2. The molecule has 0 amide bonds. The summed E-state index contributed by atoms with van der Waals surface area (Å²) in [6, 6.07) is 0. The minimum Gasteiger partial charge on any atom is -0.476 e. The number of nitrogens with zero attached hydrogens (tertiary/aromatic N) is 2. The van der Waals surface area contributed by atoms with Crippen LogP contribution in [0.2, 0.25) is 0 Å². The van der Waals surface area contributed by atoms with Crippen LogP contribution in [0.5, 0.6) is 0 Å². The maximum absolute atomic E-state index is 10.4. The Bertz CT molecular complexity index is 280. The fourth-order valence-corrected chi connectivity index (χ4v) is 0.875. The van der Waals surface area contributed by atoms with Crippen molar-refractivity contribution in [2.45, 2.75) is 19.6 Å². The van der Waals surface area contributed by atoms with Gasteiger partial charge in [0.05, 0.1) is 12.4 Å². The monoisotopic (exact) mass is 170 g/mol. The van der Waals surface area contributed by atoms with Gasteiger partial charge in [0.1, 0.15) is 0 Å². The van der Waals surface area contributed by atoms with Gasteiger partial charge in [0, 0.05) is 12.7 Å². The summed E-state index contributed by atoms with van der Waals surface area (Å²) in [6.07, 6.45) is 2.27. The lowest BCUT2D eigenvalue weighted by atomic mass is 10.4. The third-order valence-electron chi connectivity index (χ3n) is 1.33. The van der Waals surface area contributed by atoms with E-state index in [0.717, 1.165) is 0 Å². The first-order valence-corrected chi connectivity index (χ1v) is 3.52. The molecule has 1 aromatic rings. The lowest BCUT2D eigenvalue weighted by molar-refractivity contribution is 0.0690. The average Bonchev–Trinajstić information content (AvgIpc) is 2.34. The maximum atomic E-state index is 10.4. The molecule has 12 heavy (non-hydrogen) atoms. The van der Waals surface area contributed by atoms with Crippen LogP contribution in [0, 0.1) is 0 Å². The molecule has 0 radical (unpaired) electrons. The van der Waals surface area contributed by atoms with E-state index in [0.29, 0.717) is 6.54 Å². The number of aliphatic hydroxyl groups is 1. The number of aromatic carboxylic acids is 1. The summed E-state index contributed by atoms with van der Waals surface area (Å²) in [5.74, 6) is -1.06. The van der Waals surface area contributed by atoms with E-state index in [1.54, 1.807) is 6.92 Å². The van der Waals surface area contributed by atoms with Gasteiger partial charge < -0.3 is 14.8 Å². The number of imidazole rings is 1. The molecule has 0 fully saturated rings. The van der Waals surface area contributed by atoms with Crippen LogP contribution in [0.1, 0.15) is 17.4 Å². The minimum absolute atomic E-state index is 0.00403. The largest absolute Gasteiger partial charge is 0.476 e. The van der Waals surface area contributed by atoms with Crippen molar-refractivity contribution in [1.29, 1.82) is 0 Å². The zero-order valence-electron chi connectivity index (χ0n) is 6.64.